The molecular weight excluding hydrogens is 425 g/mol. The van der Waals surface area contributed by atoms with Crippen molar-refractivity contribution in [2.24, 2.45) is 15.8 Å². The Hall–Kier alpha value is -3.47. The van der Waals surface area contributed by atoms with Crippen LogP contribution in [0.5, 0.6) is 5.75 Å². The number of amidine groups is 1. The zero-order valence-electron chi connectivity index (χ0n) is 17.5. The maximum Gasteiger partial charge on any atom is 0.573 e. The van der Waals surface area contributed by atoms with E-state index in [1.807, 2.05) is 26.0 Å². The fourth-order valence-electron chi connectivity index (χ4n) is 3.86. The predicted octanol–water partition coefficient (Wildman–Crippen LogP) is 3.74. The van der Waals surface area contributed by atoms with Crippen molar-refractivity contribution < 1.29 is 22.7 Å². The lowest BCUT2D eigenvalue weighted by Crippen LogP contribution is -2.51. The third kappa shape index (κ3) is 4.57. The van der Waals surface area contributed by atoms with Gasteiger partial charge in [0.05, 0.1) is 0 Å². The number of hydrogen-bond donors (Lipinski definition) is 2. The Morgan fingerprint density at radius 3 is 2.50 bits per heavy atom. The Morgan fingerprint density at radius 1 is 1.22 bits per heavy atom. The molecule has 1 aromatic heterocycles. The second-order valence-electron chi connectivity index (χ2n) is 7.82. The number of aliphatic imine (C=N–C) groups is 1. The van der Waals surface area contributed by atoms with Crippen LogP contribution in [0, 0.1) is 13.8 Å². The second kappa shape index (κ2) is 7.90. The predicted molar refractivity (Wildman–Crippen MR) is 114 cm³/mol. The molecule has 1 amide bonds. The number of rotatable bonds is 6. The number of amides is 1. The van der Waals surface area contributed by atoms with Gasteiger partial charge in [-0.1, -0.05) is 6.07 Å². The fraction of sp³-hybridized carbons (Fsp3) is 0.333. The van der Waals surface area contributed by atoms with E-state index < -0.39 is 12.3 Å². The van der Waals surface area contributed by atoms with E-state index in [-0.39, 0.29) is 28.8 Å². The number of guanidine groups is 1. The summed E-state index contributed by atoms with van der Waals surface area (Å²) in [6.45, 7) is 3.74. The van der Waals surface area contributed by atoms with E-state index in [1.54, 1.807) is 6.07 Å². The van der Waals surface area contributed by atoms with Crippen molar-refractivity contribution >= 4 is 29.1 Å². The highest BCUT2D eigenvalue weighted by Gasteiger charge is 2.55. The van der Waals surface area contributed by atoms with Crippen LogP contribution in [0.2, 0.25) is 0 Å². The van der Waals surface area contributed by atoms with Crippen molar-refractivity contribution in [1.29, 1.82) is 0 Å². The Bertz CT molecular complexity index is 1110. The van der Waals surface area contributed by atoms with E-state index in [4.69, 9.17) is 10.8 Å². The number of anilines is 1. The number of carbonyl (C=O) groups is 1. The number of halogens is 3. The van der Waals surface area contributed by atoms with Crippen LogP contribution in [0.15, 0.2) is 46.5 Å². The van der Waals surface area contributed by atoms with Crippen molar-refractivity contribution in [1.82, 2.24) is 9.58 Å². The van der Waals surface area contributed by atoms with Crippen LogP contribution in [0.25, 0.3) is 0 Å². The van der Waals surface area contributed by atoms with Gasteiger partial charge in [-0.25, -0.2) is 0 Å². The molecule has 2 heterocycles. The van der Waals surface area contributed by atoms with E-state index in [2.05, 4.69) is 20.0 Å². The lowest BCUT2D eigenvalue weighted by molar-refractivity contribution is -0.274. The minimum atomic E-state index is -4.80. The first-order valence-electron chi connectivity index (χ1n) is 9.99. The summed E-state index contributed by atoms with van der Waals surface area (Å²) in [6.07, 6.45) is -3.15. The number of primary amides is 1. The van der Waals surface area contributed by atoms with Gasteiger partial charge in [-0.05, 0) is 31.1 Å². The third-order valence-corrected chi connectivity index (χ3v) is 5.07. The monoisotopic (exact) mass is 447 g/mol. The summed E-state index contributed by atoms with van der Waals surface area (Å²) in [5, 5.41) is 7.75. The number of benzene rings is 1. The molecule has 8 nitrogen and oxygen atoms in total. The number of nitrogens with zero attached hydrogens (tertiary/aromatic N) is 4. The number of hydrogen-bond acceptors (Lipinski definition) is 6. The number of pyridine rings is 1. The zero-order chi connectivity index (χ0) is 23.1. The number of aromatic nitrogens is 1. The summed E-state index contributed by atoms with van der Waals surface area (Å²) in [7, 11) is 0. The first-order chi connectivity index (χ1) is 15.0. The number of nitrogens with two attached hydrogens (primary N) is 1. The Kier molecular flexibility index (Phi) is 5.37. The highest BCUT2D eigenvalue weighted by atomic mass is 19.4. The van der Waals surface area contributed by atoms with E-state index >= 15 is 0 Å². The van der Waals surface area contributed by atoms with Crippen molar-refractivity contribution in [2.45, 2.75) is 45.5 Å². The second-order valence-corrected chi connectivity index (χ2v) is 7.82. The summed E-state index contributed by atoms with van der Waals surface area (Å²) in [4.78, 5) is 20.8. The van der Waals surface area contributed by atoms with Crippen LogP contribution in [0.3, 0.4) is 0 Å². The molecule has 3 N–H and O–H groups in total. The van der Waals surface area contributed by atoms with E-state index in [0.29, 0.717) is 11.5 Å². The molecule has 4 rings (SSSR count). The molecule has 1 unspecified atom stereocenters. The van der Waals surface area contributed by atoms with Crippen molar-refractivity contribution in [3.8, 4) is 5.75 Å². The molecule has 1 aliphatic heterocycles. The molecule has 0 saturated heterocycles. The highest BCUT2D eigenvalue weighted by molar-refractivity contribution is 6.15. The molecule has 1 aromatic carbocycles. The molecule has 0 spiro atoms. The van der Waals surface area contributed by atoms with E-state index in [9.17, 15) is 18.0 Å². The Morgan fingerprint density at radius 2 is 1.91 bits per heavy atom. The summed E-state index contributed by atoms with van der Waals surface area (Å²) in [6, 6.07) is 9.26. The van der Waals surface area contributed by atoms with Gasteiger partial charge in [0.2, 0.25) is 11.7 Å². The third-order valence-electron chi connectivity index (χ3n) is 5.07. The van der Waals surface area contributed by atoms with Crippen LogP contribution in [0.1, 0.15) is 30.7 Å². The molecule has 0 radical (unpaired) electrons. The van der Waals surface area contributed by atoms with Gasteiger partial charge in [-0.2, -0.15) is 4.99 Å². The van der Waals surface area contributed by atoms with Gasteiger partial charge in [0.15, 0.2) is 5.69 Å². The van der Waals surface area contributed by atoms with Gasteiger partial charge >= 0.3 is 6.36 Å². The van der Waals surface area contributed by atoms with Gasteiger partial charge in [0, 0.05) is 48.1 Å². The molecule has 1 fully saturated rings. The van der Waals surface area contributed by atoms with E-state index in [1.165, 1.54) is 18.2 Å². The van der Waals surface area contributed by atoms with Crippen LogP contribution >= 0.6 is 0 Å². The SMILES string of the molecule is Cc1cc([N+]2(C3CC3)N=C(Nc3cccc(OC(F)(F)F)c3)N=C2CC(N)=O)cc(C)n1. The zero-order valence-corrected chi connectivity index (χ0v) is 17.5. The molecule has 168 valence electrons. The summed E-state index contributed by atoms with van der Waals surface area (Å²) < 4.78 is 41.7. The first kappa shape index (κ1) is 21.8. The van der Waals surface area contributed by atoms with Gasteiger partial charge in [0.1, 0.15) is 18.2 Å². The number of nitrogens with one attached hydrogen (secondary N) is 1. The van der Waals surface area contributed by atoms with Gasteiger partial charge in [-0.15, -0.1) is 17.8 Å². The molecule has 11 heteroatoms. The standard InChI is InChI=1S/C21H21F3N6O2/c1-12-8-16(9-13(2)26-12)30(15-6-7-15)19(11-18(25)31)28-20(29-30)27-14-4-3-5-17(10-14)32-21(22,23)24/h3-5,8-10,15H,6-7,11H2,1-2H3,(H2-,25,27,29,31)/p+1. The maximum absolute atomic E-state index is 12.6. The van der Waals surface area contributed by atoms with E-state index in [0.717, 1.165) is 29.9 Å². The summed E-state index contributed by atoms with van der Waals surface area (Å²) in [5.41, 5.74) is 8.20. The topological polar surface area (TPSA) is 102 Å². The van der Waals surface area contributed by atoms with Gasteiger partial charge in [0.25, 0.3) is 5.96 Å². The molecule has 2 aromatic rings. The number of alkyl halides is 3. The minimum Gasteiger partial charge on any atom is -0.406 e. The molecule has 1 saturated carbocycles. The number of quaternary nitrogens is 1. The fourth-order valence-corrected chi connectivity index (χ4v) is 3.86. The Labute approximate surface area is 182 Å². The smallest absolute Gasteiger partial charge is 0.406 e. The lowest BCUT2D eigenvalue weighted by atomic mass is 10.2. The quantitative estimate of drug-likeness (QED) is 0.659. The maximum atomic E-state index is 12.6. The summed E-state index contributed by atoms with van der Waals surface area (Å²) in [5.74, 6) is -0.295. The average molecular weight is 447 g/mol. The van der Waals surface area contributed by atoms with Crippen molar-refractivity contribution in [2.75, 3.05) is 5.32 Å². The van der Waals surface area contributed by atoms with Gasteiger partial charge in [-0.3, -0.25) is 9.78 Å². The molecule has 32 heavy (non-hydrogen) atoms. The Balaban J connectivity index is 1.73. The number of aryl methyl sites for hydroxylation is 2. The lowest BCUT2D eigenvalue weighted by Gasteiger charge is -2.28. The minimum absolute atomic E-state index is 0.00574. The van der Waals surface area contributed by atoms with Crippen molar-refractivity contribution in [3.63, 3.8) is 0 Å². The molecule has 1 atom stereocenters. The molecular formula is C21H22F3N6O2+. The largest absolute Gasteiger partial charge is 0.573 e. The van der Waals surface area contributed by atoms with Crippen LogP contribution in [-0.2, 0) is 4.79 Å². The van der Waals surface area contributed by atoms with Crippen molar-refractivity contribution in [3.05, 3.63) is 47.8 Å². The highest BCUT2D eigenvalue weighted by Crippen LogP contribution is 2.43. The molecule has 1 aliphatic carbocycles. The van der Waals surface area contributed by atoms with Crippen LogP contribution in [-0.4, -0.2) is 35.1 Å². The summed E-state index contributed by atoms with van der Waals surface area (Å²) >= 11 is 0. The number of carbonyl (C=O) groups excluding carboxylic acids is 1. The van der Waals surface area contributed by atoms with Crippen LogP contribution < -0.4 is 20.4 Å². The normalized spacial score (nSPS) is 20.5. The average Bonchev–Trinajstić information content (AvgIpc) is 3.43. The number of ether oxygens (including phenoxy) is 1. The first-order valence-corrected chi connectivity index (χ1v) is 9.99. The molecule has 0 bridgehead atoms. The van der Waals surface area contributed by atoms with Gasteiger partial charge < -0.3 is 15.8 Å². The van der Waals surface area contributed by atoms with Crippen LogP contribution in [0.4, 0.5) is 24.5 Å². The molecule has 2 aliphatic rings.